The van der Waals surface area contributed by atoms with Crippen molar-refractivity contribution in [3.05, 3.63) is 12.0 Å². The summed E-state index contributed by atoms with van der Waals surface area (Å²) in [6.45, 7) is 0. The largest absolute Gasteiger partial charge is 0.328 e. The number of ether oxygens (including phenoxy) is 1. The van der Waals surface area contributed by atoms with Crippen molar-refractivity contribution in [2.45, 2.75) is 12.5 Å². The molecule has 0 saturated carbocycles. The summed E-state index contributed by atoms with van der Waals surface area (Å²) >= 11 is 0. The molecule has 2 atom stereocenters. The Kier molecular flexibility index (Phi) is 1.46. The van der Waals surface area contributed by atoms with Crippen LogP contribution in [0.4, 0.5) is 5.82 Å². The molecule has 1 aromatic heterocycles. The fourth-order valence-corrected chi connectivity index (χ4v) is 1.99. The smallest absolute Gasteiger partial charge is 0.276 e. The van der Waals surface area contributed by atoms with Crippen LogP contribution in [0.15, 0.2) is 6.33 Å². The maximum absolute atomic E-state index is 12.1. The minimum absolute atomic E-state index is 0.0400. The third-order valence-electron chi connectivity index (χ3n) is 2.98. The average Bonchev–Trinajstić information content (AvgIpc) is 2.92. The standard InChI is InChI=1S/C9H12N4O2/c1-11-4-10-6-5(11)7(14)13(3)9-8(15-9)12(6)2/h4,8-9H,1-3H3. The molecule has 0 spiro atoms. The molecule has 6 heteroatoms. The fraction of sp³-hybridized carbons (Fsp3) is 0.556. The quantitative estimate of drug-likeness (QED) is 0.546. The van der Waals surface area contributed by atoms with Crippen LogP contribution in [0.5, 0.6) is 0 Å². The Balaban J connectivity index is 2.17. The van der Waals surface area contributed by atoms with E-state index in [0.717, 1.165) is 0 Å². The molecule has 0 N–H and O–H groups in total. The number of imidazole rings is 1. The molecule has 0 aliphatic carbocycles. The zero-order valence-corrected chi connectivity index (χ0v) is 8.84. The summed E-state index contributed by atoms with van der Waals surface area (Å²) in [7, 11) is 5.47. The fourth-order valence-electron chi connectivity index (χ4n) is 1.99. The van der Waals surface area contributed by atoms with E-state index in [1.54, 1.807) is 22.8 Å². The van der Waals surface area contributed by atoms with Gasteiger partial charge in [0.05, 0.1) is 6.33 Å². The molecule has 1 saturated heterocycles. The molecule has 1 fully saturated rings. The van der Waals surface area contributed by atoms with E-state index < -0.39 is 0 Å². The van der Waals surface area contributed by atoms with Crippen LogP contribution in [-0.4, -0.2) is 46.9 Å². The van der Waals surface area contributed by atoms with Crippen molar-refractivity contribution in [1.82, 2.24) is 14.5 Å². The van der Waals surface area contributed by atoms with Crippen LogP contribution in [0, 0.1) is 0 Å². The Bertz CT molecular complexity index is 441. The number of aryl methyl sites for hydroxylation is 1. The van der Waals surface area contributed by atoms with Gasteiger partial charge in [-0.15, -0.1) is 0 Å². The van der Waals surface area contributed by atoms with E-state index in [4.69, 9.17) is 4.74 Å². The third-order valence-corrected chi connectivity index (χ3v) is 2.98. The van der Waals surface area contributed by atoms with Crippen LogP contribution < -0.4 is 4.90 Å². The Morgan fingerprint density at radius 2 is 1.93 bits per heavy atom. The summed E-state index contributed by atoms with van der Waals surface area (Å²) in [5.41, 5.74) is 0.621. The number of hydrogen-bond donors (Lipinski definition) is 0. The second-order valence-corrected chi connectivity index (χ2v) is 3.97. The van der Waals surface area contributed by atoms with Crippen LogP contribution in [0.1, 0.15) is 10.5 Å². The van der Waals surface area contributed by atoms with Crippen molar-refractivity contribution < 1.29 is 9.53 Å². The van der Waals surface area contributed by atoms with Gasteiger partial charge in [0.1, 0.15) is 0 Å². The van der Waals surface area contributed by atoms with Crippen molar-refractivity contribution in [3.8, 4) is 0 Å². The highest BCUT2D eigenvalue weighted by Crippen LogP contribution is 2.36. The summed E-state index contributed by atoms with van der Waals surface area (Å²) in [4.78, 5) is 19.8. The summed E-state index contributed by atoms with van der Waals surface area (Å²) in [6, 6.07) is 0. The monoisotopic (exact) mass is 208 g/mol. The predicted octanol–water partition coefficient (Wildman–Crippen LogP) is -0.376. The van der Waals surface area contributed by atoms with Crippen molar-refractivity contribution in [1.29, 1.82) is 0 Å². The average molecular weight is 208 g/mol. The van der Waals surface area contributed by atoms with Gasteiger partial charge in [-0.2, -0.15) is 0 Å². The lowest BCUT2D eigenvalue weighted by Crippen LogP contribution is -2.31. The highest BCUT2D eigenvalue weighted by atomic mass is 16.6. The minimum Gasteiger partial charge on any atom is -0.328 e. The summed E-state index contributed by atoms with van der Waals surface area (Å²) < 4.78 is 7.15. The molecule has 0 radical (unpaired) electrons. The van der Waals surface area contributed by atoms with Crippen LogP contribution >= 0.6 is 0 Å². The number of carbonyl (C=O) groups is 1. The van der Waals surface area contributed by atoms with E-state index in [1.165, 1.54) is 0 Å². The van der Waals surface area contributed by atoms with Crippen LogP contribution in [0.25, 0.3) is 0 Å². The first kappa shape index (κ1) is 8.72. The maximum Gasteiger partial charge on any atom is 0.276 e. The molecular formula is C9H12N4O2. The molecule has 80 valence electrons. The summed E-state index contributed by atoms with van der Waals surface area (Å²) in [5, 5.41) is 0. The van der Waals surface area contributed by atoms with E-state index in [0.29, 0.717) is 11.5 Å². The first-order chi connectivity index (χ1) is 7.11. The van der Waals surface area contributed by atoms with Gasteiger partial charge in [0.2, 0.25) is 0 Å². The molecule has 0 bridgehead atoms. The van der Waals surface area contributed by atoms with Crippen LogP contribution in [0.2, 0.25) is 0 Å². The molecule has 3 rings (SSSR count). The first-order valence-electron chi connectivity index (χ1n) is 4.78. The van der Waals surface area contributed by atoms with Crippen molar-refractivity contribution in [2.75, 3.05) is 19.0 Å². The second-order valence-electron chi connectivity index (χ2n) is 3.97. The van der Waals surface area contributed by atoms with Crippen LogP contribution in [0.3, 0.4) is 0 Å². The molecular weight excluding hydrogens is 196 g/mol. The van der Waals surface area contributed by atoms with Gasteiger partial charge >= 0.3 is 0 Å². The second kappa shape index (κ2) is 2.52. The number of carbonyl (C=O) groups excluding carboxylic acids is 1. The SMILES string of the molecule is CN1C(=O)c2c(ncn2C)N(C)C2OC21. The normalized spacial score (nSPS) is 28.6. The van der Waals surface area contributed by atoms with E-state index in [-0.39, 0.29) is 18.4 Å². The predicted molar refractivity (Wildman–Crippen MR) is 52.4 cm³/mol. The molecule has 2 aliphatic heterocycles. The van der Waals surface area contributed by atoms with Crippen LogP contribution in [-0.2, 0) is 11.8 Å². The summed E-state index contributed by atoms with van der Waals surface area (Å²) in [6.07, 6.45) is 1.47. The van der Waals surface area contributed by atoms with Gasteiger partial charge in [-0.25, -0.2) is 4.98 Å². The number of amides is 1. The van der Waals surface area contributed by atoms with Gasteiger partial charge < -0.3 is 19.1 Å². The van der Waals surface area contributed by atoms with Gasteiger partial charge in [-0.05, 0) is 0 Å². The molecule has 6 nitrogen and oxygen atoms in total. The topological polar surface area (TPSA) is 53.9 Å². The first-order valence-corrected chi connectivity index (χ1v) is 4.78. The molecule has 2 unspecified atom stereocenters. The van der Waals surface area contributed by atoms with Gasteiger partial charge in [0.25, 0.3) is 5.91 Å². The number of nitrogens with zero attached hydrogens (tertiary/aromatic N) is 4. The molecule has 2 aliphatic rings. The van der Waals surface area contributed by atoms with E-state index in [1.807, 2.05) is 19.0 Å². The highest BCUT2D eigenvalue weighted by molar-refractivity contribution is 5.98. The van der Waals surface area contributed by atoms with Gasteiger partial charge in [0.15, 0.2) is 24.0 Å². The minimum atomic E-state index is -0.128. The lowest BCUT2D eigenvalue weighted by atomic mass is 10.3. The van der Waals surface area contributed by atoms with Gasteiger partial charge in [-0.1, -0.05) is 0 Å². The molecule has 1 amide bonds. The van der Waals surface area contributed by atoms with Gasteiger partial charge in [-0.3, -0.25) is 4.79 Å². The number of rotatable bonds is 0. The zero-order chi connectivity index (χ0) is 10.7. The van der Waals surface area contributed by atoms with E-state index >= 15 is 0 Å². The zero-order valence-electron chi connectivity index (χ0n) is 8.84. The molecule has 15 heavy (non-hydrogen) atoms. The Hall–Kier alpha value is -1.56. The van der Waals surface area contributed by atoms with E-state index in [2.05, 4.69) is 4.98 Å². The number of aromatic nitrogens is 2. The van der Waals surface area contributed by atoms with Gasteiger partial charge in [0, 0.05) is 21.1 Å². The molecule has 1 aromatic rings. The van der Waals surface area contributed by atoms with Crippen molar-refractivity contribution in [3.63, 3.8) is 0 Å². The lowest BCUT2D eigenvalue weighted by Gasteiger charge is -2.13. The number of fused-ring (bicyclic) bond motifs is 2. The molecule has 0 aromatic carbocycles. The number of epoxide rings is 1. The Morgan fingerprint density at radius 1 is 1.27 bits per heavy atom. The number of likely N-dealkylation sites (N-methyl/N-ethyl adjacent to an activating group) is 2. The Morgan fingerprint density at radius 3 is 2.67 bits per heavy atom. The highest BCUT2D eigenvalue weighted by Gasteiger charge is 2.52. The Labute approximate surface area is 87.0 Å². The van der Waals surface area contributed by atoms with Crippen molar-refractivity contribution in [2.24, 2.45) is 7.05 Å². The summed E-state index contributed by atoms with van der Waals surface area (Å²) in [5.74, 6) is 0.654. The number of anilines is 1. The van der Waals surface area contributed by atoms with E-state index in [9.17, 15) is 4.79 Å². The third kappa shape index (κ3) is 0.967. The van der Waals surface area contributed by atoms with Crippen molar-refractivity contribution >= 4 is 11.7 Å². The number of hydrogen-bond acceptors (Lipinski definition) is 4. The lowest BCUT2D eigenvalue weighted by molar-refractivity contribution is 0.0716. The molecule has 3 heterocycles. The maximum atomic E-state index is 12.1.